The molecule has 0 saturated heterocycles. The predicted octanol–water partition coefficient (Wildman–Crippen LogP) is 2.21. The molecule has 0 spiro atoms. The van der Waals surface area contributed by atoms with E-state index in [0.29, 0.717) is 24.7 Å². The van der Waals surface area contributed by atoms with Crippen LogP contribution in [0.4, 0.5) is 10.1 Å². The number of halogens is 1. The molecule has 1 aromatic rings. The number of carbonyl (C=O) groups excluding carboxylic acids is 1. The number of rotatable bonds is 5. The summed E-state index contributed by atoms with van der Waals surface area (Å²) >= 11 is 0. The number of aryl methyl sites for hydroxylation is 1. The van der Waals surface area contributed by atoms with Gasteiger partial charge in [0.1, 0.15) is 5.82 Å². The molecule has 0 bridgehead atoms. The Morgan fingerprint density at radius 3 is 2.88 bits per heavy atom. The van der Waals surface area contributed by atoms with Crippen LogP contribution in [-0.4, -0.2) is 18.5 Å². The summed E-state index contributed by atoms with van der Waals surface area (Å²) in [5, 5.41) is 5.87. The van der Waals surface area contributed by atoms with E-state index >= 15 is 0 Å². The normalized spacial score (nSPS) is 14.7. The summed E-state index contributed by atoms with van der Waals surface area (Å²) in [5.74, 6) is -0.528. The molecule has 1 fully saturated rings. The first-order valence-corrected chi connectivity index (χ1v) is 5.95. The van der Waals surface area contributed by atoms with Gasteiger partial charge in [0.15, 0.2) is 0 Å². The SMILES string of the molecule is Cc1cccc(F)c1NC(=O)CCNC1CC1. The minimum Gasteiger partial charge on any atom is -0.323 e. The van der Waals surface area contributed by atoms with Crippen LogP contribution >= 0.6 is 0 Å². The Morgan fingerprint density at radius 2 is 2.24 bits per heavy atom. The van der Waals surface area contributed by atoms with Crippen molar-refractivity contribution in [2.45, 2.75) is 32.2 Å². The number of anilines is 1. The molecule has 4 heteroatoms. The minimum absolute atomic E-state index is 0.147. The van der Waals surface area contributed by atoms with Gasteiger partial charge >= 0.3 is 0 Å². The molecule has 3 nitrogen and oxygen atoms in total. The van der Waals surface area contributed by atoms with Gasteiger partial charge in [0, 0.05) is 19.0 Å². The summed E-state index contributed by atoms with van der Waals surface area (Å²) in [6.45, 7) is 2.44. The van der Waals surface area contributed by atoms with Crippen molar-refractivity contribution in [3.8, 4) is 0 Å². The molecule has 2 rings (SSSR count). The van der Waals surface area contributed by atoms with Gasteiger partial charge < -0.3 is 10.6 Å². The Kier molecular flexibility index (Phi) is 3.74. The van der Waals surface area contributed by atoms with Crippen LogP contribution in [-0.2, 0) is 4.79 Å². The molecule has 0 heterocycles. The van der Waals surface area contributed by atoms with Crippen LogP contribution in [0.15, 0.2) is 18.2 Å². The smallest absolute Gasteiger partial charge is 0.225 e. The largest absolute Gasteiger partial charge is 0.323 e. The summed E-state index contributed by atoms with van der Waals surface area (Å²) in [6, 6.07) is 5.36. The summed E-state index contributed by atoms with van der Waals surface area (Å²) in [7, 11) is 0. The van der Waals surface area contributed by atoms with E-state index in [1.165, 1.54) is 18.9 Å². The summed E-state index contributed by atoms with van der Waals surface area (Å²) in [6.07, 6.45) is 2.78. The second kappa shape index (κ2) is 5.27. The fourth-order valence-electron chi connectivity index (χ4n) is 1.67. The van der Waals surface area contributed by atoms with Gasteiger partial charge in [-0.2, -0.15) is 0 Å². The third-order valence-electron chi connectivity index (χ3n) is 2.85. The lowest BCUT2D eigenvalue weighted by atomic mass is 10.2. The Hall–Kier alpha value is -1.42. The Labute approximate surface area is 100 Å². The standard InChI is InChI=1S/C13H17FN2O/c1-9-3-2-4-11(14)13(9)16-12(17)7-8-15-10-5-6-10/h2-4,10,15H,5-8H2,1H3,(H,16,17). The van der Waals surface area contributed by atoms with Gasteiger partial charge in [0.05, 0.1) is 5.69 Å². The van der Waals surface area contributed by atoms with Crippen LogP contribution in [0.3, 0.4) is 0 Å². The lowest BCUT2D eigenvalue weighted by Crippen LogP contribution is -2.23. The molecule has 17 heavy (non-hydrogen) atoms. The molecule has 0 aromatic heterocycles. The zero-order valence-electron chi connectivity index (χ0n) is 9.92. The minimum atomic E-state index is -0.381. The lowest BCUT2D eigenvalue weighted by Gasteiger charge is -2.09. The number of para-hydroxylation sites is 1. The number of amides is 1. The van der Waals surface area contributed by atoms with E-state index in [9.17, 15) is 9.18 Å². The molecule has 0 unspecified atom stereocenters. The topological polar surface area (TPSA) is 41.1 Å². The van der Waals surface area contributed by atoms with E-state index in [4.69, 9.17) is 0 Å². The van der Waals surface area contributed by atoms with Crippen molar-refractivity contribution in [2.24, 2.45) is 0 Å². The zero-order chi connectivity index (χ0) is 12.3. The van der Waals surface area contributed by atoms with Gasteiger partial charge in [-0.25, -0.2) is 4.39 Å². The Balaban J connectivity index is 1.84. The second-order valence-corrected chi connectivity index (χ2v) is 4.46. The fraction of sp³-hybridized carbons (Fsp3) is 0.462. The highest BCUT2D eigenvalue weighted by molar-refractivity contribution is 5.91. The third-order valence-corrected chi connectivity index (χ3v) is 2.85. The van der Waals surface area contributed by atoms with Gasteiger partial charge in [-0.05, 0) is 31.4 Å². The molecule has 0 aliphatic heterocycles. The molecule has 2 N–H and O–H groups in total. The van der Waals surface area contributed by atoms with E-state index < -0.39 is 0 Å². The summed E-state index contributed by atoms with van der Waals surface area (Å²) in [5.41, 5.74) is 1.04. The number of carbonyl (C=O) groups is 1. The van der Waals surface area contributed by atoms with Crippen LogP contribution in [0.25, 0.3) is 0 Å². The third kappa shape index (κ3) is 3.53. The fourth-order valence-corrected chi connectivity index (χ4v) is 1.67. The maximum atomic E-state index is 13.4. The van der Waals surface area contributed by atoms with Crippen LogP contribution in [0, 0.1) is 12.7 Å². The van der Waals surface area contributed by atoms with Crippen molar-refractivity contribution in [1.29, 1.82) is 0 Å². The van der Waals surface area contributed by atoms with Gasteiger partial charge in [-0.15, -0.1) is 0 Å². The maximum absolute atomic E-state index is 13.4. The average molecular weight is 236 g/mol. The number of benzene rings is 1. The quantitative estimate of drug-likeness (QED) is 0.823. The van der Waals surface area contributed by atoms with Crippen molar-refractivity contribution in [2.75, 3.05) is 11.9 Å². The molecule has 1 amide bonds. The monoisotopic (exact) mass is 236 g/mol. The molecule has 1 aliphatic carbocycles. The van der Waals surface area contributed by atoms with Gasteiger partial charge in [-0.3, -0.25) is 4.79 Å². The molecular formula is C13H17FN2O. The zero-order valence-corrected chi connectivity index (χ0v) is 9.92. The Morgan fingerprint density at radius 1 is 1.47 bits per heavy atom. The number of hydrogen-bond donors (Lipinski definition) is 2. The average Bonchev–Trinajstić information content (AvgIpc) is 3.08. The Bertz CT molecular complexity index is 396. The van der Waals surface area contributed by atoms with Crippen LogP contribution in [0.2, 0.25) is 0 Å². The van der Waals surface area contributed by atoms with Gasteiger partial charge in [-0.1, -0.05) is 12.1 Å². The van der Waals surface area contributed by atoms with Crippen LogP contribution in [0.1, 0.15) is 24.8 Å². The molecule has 0 atom stereocenters. The van der Waals surface area contributed by atoms with E-state index in [1.807, 2.05) is 0 Å². The van der Waals surface area contributed by atoms with Crippen molar-refractivity contribution in [3.05, 3.63) is 29.6 Å². The predicted molar refractivity (Wildman–Crippen MR) is 65.4 cm³/mol. The molecule has 92 valence electrons. The van der Waals surface area contributed by atoms with Crippen molar-refractivity contribution >= 4 is 11.6 Å². The number of nitrogens with one attached hydrogen (secondary N) is 2. The first-order chi connectivity index (χ1) is 8.16. The first-order valence-electron chi connectivity index (χ1n) is 5.95. The van der Waals surface area contributed by atoms with Crippen molar-refractivity contribution < 1.29 is 9.18 Å². The molecule has 1 aliphatic rings. The molecule has 1 saturated carbocycles. The number of hydrogen-bond acceptors (Lipinski definition) is 2. The first kappa shape index (κ1) is 12.0. The summed E-state index contributed by atoms with van der Waals surface area (Å²) in [4.78, 5) is 11.6. The molecule has 1 aromatic carbocycles. The highest BCUT2D eigenvalue weighted by Gasteiger charge is 2.20. The van der Waals surface area contributed by atoms with E-state index in [0.717, 1.165) is 5.56 Å². The highest BCUT2D eigenvalue weighted by atomic mass is 19.1. The highest BCUT2D eigenvalue weighted by Crippen LogP contribution is 2.19. The molecule has 0 radical (unpaired) electrons. The van der Waals surface area contributed by atoms with Gasteiger partial charge in [0.25, 0.3) is 0 Å². The van der Waals surface area contributed by atoms with Crippen molar-refractivity contribution in [3.63, 3.8) is 0 Å². The lowest BCUT2D eigenvalue weighted by molar-refractivity contribution is -0.116. The maximum Gasteiger partial charge on any atom is 0.225 e. The van der Waals surface area contributed by atoms with Crippen LogP contribution < -0.4 is 10.6 Å². The van der Waals surface area contributed by atoms with E-state index in [2.05, 4.69) is 10.6 Å². The second-order valence-electron chi connectivity index (χ2n) is 4.46. The van der Waals surface area contributed by atoms with Crippen molar-refractivity contribution in [1.82, 2.24) is 5.32 Å². The van der Waals surface area contributed by atoms with Crippen LogP contribution in [0.5, 0.6) is 0 Å². The summed E-state index contributed by atoms with van der Waals surface area (Å²) < 4.78 is 13.4. The molecular weight excluding hydrogens is 219 g/mol. The van der Waals surface area contributed by atoms with E-state index in [1.54, 1.807) is 19.1 Å². The van der Waals surface area contributed by atoms with E-state index in [-0.39, 0.29) is 11.7 Å². The van der Waals surface area contributed by atoms with Gasteiger partial charge in [0.2, 0.25) is 5.91 Å².